The van der Waals surface area contributed by atoms with Crippen LogP contribution < -0.4 is 5.73 Å². The maximum absolute atomic E-state index is 12.8. The molecular formula is C11H10F3N3. The Morgan fingerprint density at radius 2 is 1.88 bits per heavy atom. The molecule has 3 N–H and O–H groups in total. The van der Waals surface area contributed by atoms with Gasteiger partial charge in [0.2, 0.25) is 0 Å². The largest absolute Gasteiger partial charge is 0.433 e. The summed E-state index contributed by atoms with van der Waals surface area (Å²) < 4.78 is 38.3. The topological polar surface area (TPSA) is 54.7 Å². The number of aromatic nitrogens is 2. The van der Waals surface area contributed by atoms with E-state index in [1.807, 2.05) is 5.10 Å². The zero-order chi connectivity index (χ0) is 12.6. The van der Waals surface area contributed by atoms with Crippen LogP contribution in [0, 0.1) is 6.92 Å². The molecular weight excluding hydrogens is 231 g/mol. The van der Waals surface area contributed by atoms with Crippen LogP contribution in [0.5, 0.6) is 0 Å². The number of nitrogens with zero attached hydrogens (tertiary/aromatic N) is 1. The van der Waals surface area contributed by atoms with Crippen molar-refractivity contribution in [3.63, 3.8) is 0 Å². The van der Waals surface area contributed by atoms with Crippen LogP contribution >= 0.6 is 0 Å². The lowest BCUT2D eigenvalue weighted by Crippen LogP contribution is -2.07. The molecule has 90 valence electrons. The summed E-state index contributed by atoms with van der Waals surface area (Å²) in [6, 6.07) is 6.73. The number of benzene rings is 1. The molecule has 1 heterocycles. The Labute approximate surface area is 95.5 Å². The third-order valence-corrected chi connectivity index (χ3v) is 2.49. The second-order valence-electron chi connectivity index (χ2n) is 3.67. The van der Waals surface area contributed by atoms with Crippen molar-refractivity contribution in [3.8, 4) is 11.1 Å². The first-order chi connectivity index (χ1) is 7.91. The van der Waals surface area contributed by atoms with E-state index in [1.54, 1.807) is 31.2 Å². The number of nitrogens with two attached hydrogens (primary N) is 1. The minimum absolute atomic E-state index is 0.0874. The minimum atomic E-state index is -4.50. The Morgan fingerprint density at radius 1 is 1.24 bits per heavy atom. The van der Waals surface area contributed by atoms with Gasteiger partial charge >= 0.3 is 6.18 Å². The predicted octanol–water partition coefficient (Wildman–Crippen LogP) is 2.99. The van der Waals surface area contributed by atoms with E-state index in [1.165, 1.54) is 0 Å². The van der Waals surface area contributed by atoms with E-state index in [0.717, 1.165) is 0 Å². The van der Waals surface area contributed by atoms with Crippen molar-refractivity contribution < 1.29 is 13.2 Å². The first-order valence-corrected chi connectivity index (χ1v) is 4.88. The number of halogens is 3. The second kappa shape index (κ2) is 3.80. The van der Waals surface area contributed by atoms with E-state index in [9.17, 15) is 13.2 Å². The van der Waals surface area contributed by atoms with Gasteiger partial charge in [-0.05, 0) is 18.1 Å². The zero-order valence-corrected chi connectivity index (χ0v) is 8.97. The fraction of sp³-hybridized carbons (Fsp3) is 0.182. The number of aryl methyl sites for hydroxylation is 1. The standard InChI is InChI=1S/C11H10F3N3/c1-6-4-2-3-5-7(6)8-9(11(12,13)14)16-17-10(8)15/h2-5H,1H3,(H3,15,16,17). The average Bonchev–Trinajstić information content (AvgIpc) is 2.60. The summed E-state index contributed by atoms with van der Waals surface area (Å²) >= 11 is 0. The Hall–Kier alpha value is -1.98. The summed E-state index contributed by atoms with van der Waals surface area (Å²) in [5.74, 6) is -0.147. The normalized spacial score (nSPS) is 11.8. The van der Waals surface area contributed by atoms with Crippen LogP contribution in [0.4, 0.5) is 19.0 Å². The number of hydrogen-bond acceptors (Lipinski definition) is 2. The molecule has 0 atom stereocenters. The number of hydrogen-bond donors (Lipinski definition) is 2. The second-order valence-corrected chi connectivity index (χ2v) is 3.67. The molecule has 0 spiro atoms. The number of aromatic amines is 1. The zero-order valence-electron chi connectivity index (χ0n) is 8.97. The fourth-order valence-corrected chi connectivity index (χ4v) is 1.69. The summed E-state index contributed by atoms with van der Waals surface area (Å²) in [4.78, 5) is 0. The Balaban J connectivity index is 2.68. The van der Waals surface area contributed by atoms with Crippen molar-refractivity contribution in [2.24, 2.45) is 0 Å². The number of anilines is 1. The van der Waals surface area contributed by atoms with Crippen molar-refractivity contribution in [1.29, 1.82) is 0 Å². The van der Waals surface area contributed by atoms with Crippen molar-refractivity contribution in [3.05, 3.63) is 35.5 Å². The maximum Gasteiger partial charge on any atom is 0.433 e. The van der Waals surface area contributed by atoms with Crippen LogP contribution in [0.3, 0.4) is 0 Å². The van der Waals surface area contributed by atoms with Crippen molar-refractivity contribution in [2.75, 3.05) is 5.73 Å². The molecule has 0 bridgehead atoms. The number of alkyl halides is 3. The monoisotopic (exact) mass is 241 g/mol. The third-order valence-electron chi connectivity index (χ3n) is 2.49. The lowest BCUT2D eigenvalue weighted by molar-refractivity contribution is -0.140. The van der Waals surface area contributed by atoms with E-state index in [4.69, 9.17) is 5.73 Å². The van der Waals surface area contributed by atoms with Crippen molar-refractivity contribution in [2.45, 2.75) is 13.1 Å². The lowest BCUT2D eigenvalue weighted by Gasteiger charge is -2.09. The molecule has 0 aliphatic carbocycles. The van der Waals surface area contributed by atoms with Gasteiger partial charge in [-0.2, -0.15) is 18.3 Å². The summed E-state index contributed by atoms with van der Waals surface area (Å²) in [6.45, 7) is 1.72. The van der Waals surface area contributed by atoms with Crippen LogP contribution in [-0.4, -0.2) is 10.2 Å². The lowest BCUT2D eigenvalue weighted by atomic mass is 10.00. The molecule has 3 nitrogen and oxygen atoms in total. The number of nitrogen functional groups attached to an aromatic ring is 1. The van der Waals surface area contributed by atoms with E-state index >= 15 is 0 Å². The number of nitrogens with one attached hydrogen (secondary N) is 1. The van der Waals surface area contributed by atoms with E-state index in [0.29, 0.717) is 11.1 Å². The molecule has 0 unspecified atom stereocenters. The van der Waals surface area contributed by atoms with Crippen LogP contribution in [-0.2, 0) is 6.18 Å². The predicted molar refractivity (Wildman–Crippen MR) is 58.2 cm³/mol. The van der Waals surface area contributed by atoms with Gasteiger partial charge in [0.15, 0.2) is 5.82 Å². The summed E-state index contributed by atoms with van der Waals surface area (Å²) in [7, 11) is 0. The van der Waals surface area contributed by atoms with E-state index < -0.39 is 11.9 Å². The Morgan fingerprint density at radius 3 is 2.47 bits per heavy atom. The van der Waals surface area contributed by atoms with Crippen LogP contribution in [0.2, 0.25) is 0 Å². The van der Waals surface area contributed by atoms with Crippen molar-refractivity contribution >= 4 is 5.82 Å². The maximum atomic E-state index is 12.8. The van der Waals surface area contributed by atoms with Crippen LogP contribution in [0.15, 0.2) is 24.3 Å². The molecule has 0 saturated heterocycles. The first kappa shape index (κ1) is 11.5. The molecule has 1 aromatic heterocycles. The van der Waals surface area contributed by atoms with E-state index in [-0.39, 0.29) is 11.4 Å². The minimum Gasteiger partial charge on any atom is -0.382 e. The molecule has 17 heavy (non-hydrogen) atoms. The van der Waals surface area contributed by atoms with Gasteiger partial charge in [-0.25, -0.2) is 0 Å². The van der Waals surface area contributed by atoms with Gasteiger partial charge in [0, 0.05) is 0 Å². The van der Waals surface area contributed by atoms with Gasteiger partial charge in [-0.3, -0.25) is 5.10 Å². The van der Waals surface area contributed by atoms with Crippen LogP contribution in [0.1, 0.15) is 11.3 Å². The summed E-state index contributed by atoms with van der Waals surface area (Å²) in [5.41, 5.74) is 5.65. The van der Waals surface area contributed by atoms with E-state index in [2.05, 4.69) is 5.10 Å². The fourth-order valence-electron chi connectivity index (χ4n) is 1.69. The van der Waals surface area contributed by atoms with Crippen molar-refractivity contribution in [1.82, 2.24) is 10.2 Å². The number of H-pyrrole nitrogens is 1. The summed E-state index contributed by atoms with van der Waals surface area (Å²) in [5, 5.41) is 5.37. The quantitative estimate of drug-likeness (QED) is 0.806. The highest BCUT2D eigenvalue weighted by molar-refractivity contribution is 5.78. The smallest absolute Gasteiger partial charge is 0.382 e. The molecule has 0 aliphatic rings. The summed E-state index contributed by atoms with van der Waals surface area (Å²) in [6.07, 6.45) is -4.50. The highest BCUT2D eigenvalue weighted by Gasteiger charge is 2.37. The van der Waals surface area contributed by atoms with Gasteiger partial charge in [0.05, 0.1) is 5.56 Å². The molecule has 0 aliphatic heterocycles. The van der Waals surface area contributed by atoms with Crippen LogP contribution in [0.25, 0.3) is 11.1 Å². The third kappa shape index (κ3) is 1.98. The molecule has 2 rings (SSSR count). The highest BCUT2D eigenvalue weighted by Crippen LogP contribution is 2.39. The Bertz CT molecular complexity index is 543. The molecule has 1 aromatic carbocycles. The molecule has 6 heteroatoms. The van der Waals surface area contributed by atoms with Gasteiger partial charge in [-0.15, -0.1) is 0 Å². The highest BCUT2D eigenvalue weighted by atomic mass is 19.4. The average molecular weight is 241 g/mol. The SMILES string of the molecule is Cc1ccccc1-c1c(N)n[nH]c1C(F)(F)F. The molecule has 2 aromatic rings. The molecule has 0 fully saturated rings. The van der Waals surface area contributed by atoms with Gasteiger partial charge in [-0.1, -0.05) is 24.3 Å². The Kier molecular flexibility index (Phi) is 2.57. The van der Waals surface area contributed by atoms with Gasteiger partial charge < -0.3 is 5.73 Å². The molecule has 0 amide bonds. The first-order valence-electron chi connectivity index (χ1n) is 4.88. The molecule has 0 radical (unpaired) electrons. The van der Waals surface area contributed by atoms with Gasteiger partial charge in [0.25, 0.3) is 0 Å². The molecule has 0 saturated carbocycles. The van der Waals surface area contributed by atoms with Gasteiger partial charge in [0.1, 0.15) is 5.69 Å². The number of rotatable bonds is 1.